The van der Waals surface area contributed by atoms with Gasteiger partial charge >= 0.3 is 0 Å². The van der Waals surface area contributed by atoms with Crippen LogP contribution in [0.15, 0.2) is 47.1 Å². The largest absolute Gasteiger partial charge is 0.467 e. The Kier molecular flexibility index (Phi) is 5.10. The van der Waals surface area contributed by atoms with E-state index in [0.29, 0.717) is 18.7 Å². The first-order valence-corrected chi connectivity index (χ1v) is 7.89. The van der Waals surface area contributed by atoms with E-state index in [4.69, 9.17) is 14.3 Å². The third-order valence-corrected chi connectivity index (χ3v) is 4.05. The van der Waals surface area contributed by atoms with Crippen molar-refractivity contribution in [2.24, 2.45) is 0 Å². The summed E-state index contributed by atoms with van der Waals surface area (Å²) in [6.45, 7) is 1.72. The van der Waals surface area contributed by atoms with Crippen LogP contribution in [0.2, 0.25) is 0 Å². The van der Waals surface area contributed by atoms with E-state index in [1.54, 1.807) is 35.4 Å². The summed E-state index contributed by atoms with van der Waals surface area (Å²) in [5.74, 6) is 0.699. The zero-order valence-corrected chi connectivity index (χ0v) is 13.0. The van der Waals surface area contributed by atoms with Crippen molar-refractivity contribution in [2.45, 2.75) is 32.1 Å². The molecule has 1 aliphatic rings. The van der Waals surface area contributed by atoms with Gasteiger partial charge in [0.2, 0.25) is 0 Å². The molecule has 1 amide bonds. The highest BCUT2D eigenvalue weighted by Crippen LogP contribution is 2.18. The molecule has 5 heteroatoms. The number of hydrogen-bond acceptors (Lipinski definition) is 4. The molecule has 0 aliphatic carbocycles. The Hall–Kier alpha value is -2.11. The Balaban J connectivity index is 1.75. The molecule has 1 aromatic heterocycles. The van der Waals surface area contributed by atoms with Gasteiger partial charge in [-0.1, -0.05) is 12.1 Å². The smallest absolute Gasteiger partial charge is 0.254 e. The lowest BCUT2D eigenvalue weighted by molar-refractivity contribution is 0.0491. The number of ether oxygens (including phenoxy) is 1. The minimum Gasteiger partial charge on any atom is -0.467 e. The summed E-state index contributed by atoms with van der Waals surface area (Å²) < 4.78 is 11.1. The number of aliphatic hydroxyl groups excluding tert-OH is 1. The minimum absolute atomic E-state index is 0.0273. The molecular formula is C18H21NO4. The summed E-state index contributed by atoms with van der Waals surface area (Å²) in [5, 5.41) is 9.11. The number of aliphatic hydroxyl groups is 1. The molecule has 3 rings (SSSR count). The van der Waals surface area contributed by atoms with E-state index in [0.717, 1.165) is 30.8 Å². The molecule has 1 aliphatic heterocycles. The van der Waals surface area contributed by atoms with E-state index in [9.17, 15) is 4.79 Å². The Labute approximate surface area is 135 Å². The summed E-state index contributed by atoms with van der Waals surface area (Å²) in [6, 6.07) is 10.7. The predicted molar refractivity (Wildman–Crippen MR) is 84.8 cm³/mol. The fourth-order valence-electron chi connectivity index (χ4n) is 2.78. The number of amides is 1. The highest BCUT2D eigenvalue weighted by atomic mass is 16.5. The molecule has 0 radical (unpaired) electrons. The van der Waals surface area contributed by atoms with E-state index in [1.807, 2.05) is 12.1 Å². The van der Waals surface area contributed by atoms with Crippen LogP contribution in [0.4, 0.5) is 0 Å². The standard InChI is InChI=1S/C18H21NO4/c20-13-14-5-7-15(8-6-14)18(21)19(11-16-3-1-9-22-16)12-17-4-2-10-23-17/h1,3,5-9,17,20H,2,4,10-13H2. The maximum Gasteiger partial charge on any atom is 0.254 e. The van der Waals surface area contributed by atoms with Crippen LogP contribution >= 0.6 is 0 Å². The van der Waals surface area contributed by atoms with Gasteiger partial charge in [0.15, 0.2) is 0 Å². The lowest BCUT2D eigenvalue weighted by Crippen LogP contribution is -2.36. The highest BCUT2D eigenvalue weighted by Gasteiger charge is 2.24. The van der Waals surface area contributed by atoms with Crippen LogP contribution in [0, 0.1) is 0 Å². The van der Waals surface area contributed by atoms with Gasteiger partial charge in [-0.05, 0) is 42.7 Å². The monoisotopic (exact) mass is 315 g/mol. The van der Waals surface area contributed by atoms with E-state index in [-0.39, 0.29) is 18.6 Å². The summed E-state index contributed by atoms with van der Waals surface area (Å²) in [7, 11) is 0. The van der Waals surface area contributed by atoms with Gasteiger partial charge in [-0.2, -0.15) is 0 Å². The van der Waals surface area contributed by atoms with E-state index >= 15 is 0 Å². The molecule has 1 N–H and O–H groups in total. The molecule has 2 heterocycles. The number of nitrogens with zero attached hydrogens (tertiary/aromatic N) is 1. The fraction of sp³-hybridized carbons (Fsp3) is 0.389. The van der Waals surface area contributed by atoms with Gasteiger partial charge in [0.05, 0.1) is 25.5 Å². The number of carbonyl (C=O) groups excluding carboxylic acids is 1. The summed E-state index contributed by atoms with van der Waals surface area (Å²) in [4.78, 5) is 14.6. The van der Waals surface area contributed by atoms with Crippen LogP contribution in [-0.4, -0.2) is 35.2 Å². The molecule has 1 saturated heterocycles. The molecule has 1 fully saturated rings. The summed E-state index contributed by atoms with van der Waals surface area (Å²) in [5.41, 5.74) is 1.39. The van der Waals surface area contributed by atoms with Crippen molar-refractivity contribution in [3.05, 3.63) is 59.5 Å². The first-order chi connectivity index (χ1) is 11.3. The zero-order chi connectivity index (χ0) is 16.1. The van der Waals surface area contributed by atoms with Crippen molar-refractivity contribution in [1.29, 1.82) is 0 Å². The van der Waals surface area contributed by atoms with Crippen molar-refractivity contribution in [3.63, 3.8) is 0 Å². The van der Waals surface area contributed by atoms with Gasteiger partial charge < -0.3 is 19.2 Å². The Morgan fingerprint density at radius 3 is 2.70 bits per heavy atom. The third kappa shape index (κ3) is 4.00. The van der Waals surface area contributed by atoms with E-state index < -0.39 is 0 Å². The van der Waals surface area contributed by atoms with Gasteiger partial charge in [-0.15, -0.1) is 0 Å². The van der Waals surface area contributed by atoms with Crippen LogP contribution in [0.5, 0.6) is 0 Å². The van der Waals surface area contributed by atoms with Crippen molar-refractivity contribution in [2.75, 3.05) is 13.2 Å². The molecular weight excluding hydrogens is 294 g/mol. The van der Waals surface area contributed by atoms with Crippen molar-refractivity contribution < 1.29 is 19.1 Å². The molecule has 0 bridgehead atoms. The SMILES string of the molecule is O=C(c1ccc(CO)cc1)N(Cc1ccco1)CC1CCCO1. The Morgan fingerprint density at radius 1 is 1.26 bits per heavy atom. The average molecular weight is 315 g/mol. The van der Waals surface area contributed by atoms with Crippen LogP contribution in [0.3, 0.4) is 0 Å². The fourth-order valence-corrected chi connectivity index (χ4v) is 2.78. The van der Waals surface area contributed by atoms with Crippen LogP contribution < -0.4 is 0 Å². The maximum absolute atomic E-state index is 12.8. The molecule has 23 heavy (non-hydrogen) atoms. The summed E-state index contributed by atoms with van der Waals surface area (Å²) in [6.07, 6.45) is 3.72. The van der Waals surface area contributed by atoms with Gasteiger partial charge in [-0.3, -0.25) is 4.79 Å². The third-order valence-electron chi connectivity index (χ3n) is 4.05. The number of hydrogen-bond donors (Lipinski definition) is 1. The molecule has 1 unspecified atom stereocenters. The number of benzene rings is 1. The van der Waals surface area contributed by atoms with Gasteiger partial charge in [0.25, 0.3) is 5.91 Å². The van der Waals surface area contributed by atoms with Crippen LogP contribution in [-0.2, 0) is 17.9 Å². The second-order valence-electron chi connectivity index (χ2n) is 5.76. The number of carbonyl (C=O) groups is 1. The molecule has 2 aromatic rings. The first-order valence-electron chi connectivity index (χ1n) is 7.89. The Bertz CT molecular complexity index is 615. The first kappa shape index (κ1) is 15.8. The predicted octanol–water partition coefficient (Wildman–Crippen LogP) is 2.59. The Morgan fingerprint density at radius 2 is 2.09 bits per heavy atom. The molecule has 1 aromatic carbocycles. The van der Waals surface area contributed by atoms with Gasteiger partial charge in [0.1, 0.15) is 5.76 Å². The van der Waals surface area contributed by atoms with Gasteiger partial charge in [-0.25, -0.2) is 0 Å². The maximum atomic E-state index is 12.8. The molecule has 1 atom stereocenters. The highest BCUT2D eigenvalue weighted by molar-refractivity contribution is 5.94. The second kappa shape index (κ2) is 7.44. The minimum atomic E-state index is -0.0543. The van der Waals surface area contributed by atoms with E-state index in [1.165, 1.54) is 0 Å². The molecule has 0 saturated carbocycles. The quantitative estimate of drug-likeness (QED) is 0.890. The molecule has 0 spiro atoms. The topological polar surface area (TPSA) is 62.9 Å². The molecule has 122 valence electrons. The normalized spacial score (nSPS) is 17.3. The lowest BCUT2D eigenvalue weighted by Gasteiger charge is -2.24. The van der Waals surface area contributed by atoms with Crippen molar-refractivity contribution in [1.82, 2.24) is 4.90 Å². The van der Waals surface area contributed by atoms with Crippen LogP contribution in [0.25, 0.3) is 0 Å². The zero-order valence-electron chi connectivity index (χ0n) is 13.0. The number of rotatable bonds is 6. The lowest BCUT2D eigenvalue weighted by atomic mass is 10.1. The van der Waals surface area contributed by atoms with Crippen LogP contribution in [0.1, 0.15) is 34.5 Å². The molecule has 5 nitrogen and oxygen atoms in total. The van der Waals surface area contributed by atoms with Crippen molar-refractivity contribution >= 4 is 5.91 Å². The summed E-state index contributed by atoms with van der Waals surface area (Å²) >= 11 is 0. The number of furan rings is 1. The van der Waals surface area contributed by atoms with Gasteiger partial charge in [0, 0.05) is 18.7 Å². The second-order valence-corrected chi connectivity index (χ2v) is 5.76. The van der Waals surface area contributed by atoms with E-state index in [2.05, 4.69) is 0 Å². The van der Waals surface area contributed by atoms with Crippen molar-refractivity contribution in [3.8, 4) is 0 Å². The average Bonchev–Trinajstić information content (AvgIpc) is 3.27.